The molecule has 0 aliphatic carbocycles. The molecule has 0 aromatic heterocycles. The molecular weight excluding hydrogens is 309 g/mol. The molecule has 0 saturated heterocycles. The molecule has 1 N–H and O–H groups in total. The van der Waals surface area contributed by atoms with Crippen molar-refractivity contribution in [3.8, 4) is 11.5 Å². The molecule has 24 heavy (non-hydrogen) atoms. The summed E-state index contributed by atoms with van der Waals surface area (Å²) in [7, 11) is 0. The first kappa shape index (κ1) is 16.3. The molecule has 0 spiro atoms. The minimum absolute atomic E-state index is 0.0340. The zero-order valence-corrected chi connectivity index (χ0v) is 13.4. The van der Waals surface area contributed by atoms with Gasteiger partial charge in [-0.25, -0.2) is 4.39 Å². The summed E-state index contributed by atoms with van der Waals surface area (Å²) in [4.78, 5) is 11.9. The van der Waals surface area contributed by atoms with Crippen molar-refractivity contribution in [3.05, 3.63) is 59.4 Å². The minimum atomic E-state index is -0.221. The largest absolute Gasteiger partial charge is 0.454 e. The Morgan fingerprint density at radius 3 is 2.58 bits per heavy atom. The van der Waals surface area contributed by atoms with Crippen LogP contribution in [0.1, 0.15) is 30.4 Å². The van der Waals surface area contributed by atoms with Crippen molar-refractivity contribution in [2.45, 2.75) is 32.2 Å². The SMILES string of the molecule is O=C(CCCCc1ccc(F)cc1)NCc1ccc2c(c1)OCO2. The fourth-order valence-corrected chi connectivity index (χ4v) is 2.61. The normalized spacial score (nSPS) is 12.2. The summed E-state index contributed by atoms with van der Waals surface area (Å²) in [6, 6.07) is 12.2. The molecule has 1 aliphatic heterocycles. The van der Waals surface area contributed by atoms with Crippen LogP contribution in [0.5, 0.6) is 11.5 Å². The zero-order chi connectivity index (χ0) is 16.8. The second-order valence-electron chi connectivity index (χ2n) is 5.80. The quantitative estimate of drug-likeness (QED) is 0.790. The lowest BCUT2D eigenvalue weighted by Crippen LogP contribution is -2.22. The van der Waals surface area contributed by atoms with Gasteiger partial charge in [0.05, 0.1) is 0 Å². The predicted molar refractivity (Wildman–Crippen MR) is 88.4 cm³/mol. The van der Waals surface area contributed by atoms with Gasteiger partial charge < -0.3 is 14.8 Å². The lowest BCUT2D eigenvalue weighted by Gasteiger charge is -2.06. The molecule has 0 radical (unpaired) electrons. The van der Waals surface area contributed by atoms with E-state index in [-0.39, 0.29) is 18.5 Å². The Morgan fingerprint density at radius 1 is 1.00 bits per heavy atom. The van der Waals surface area contributed by atoms with Gasteiger partial charge in [-0.3, -0.25) is 4.79 Å². The van der Waals surface area contributed by atoms with Gasteiger partial charge in [0.25, 0.3) is 0 Å². The van der Waals surface area contributed by atoms with Crippen molar-refractivity contribution in [3.63, 3.8) is 0 Å². The fraction of sp³-hybridized carbons (Fsp3) is 0.316. The Balaban J connectivity index is 1.34. The Labute approximate surface area is 140 Å². The van der Waals surface area contributed by atoms with Crippen LogP contribution in [0, 0.1) is 5.82 Å². The molecule has 0 fully saturated rings. The monoisotopic (exact) mass is 329 g/mol. The van der Waals surface area contributed by atoms with Crippen LogP contribution in [0.3, 0.4) is 0 Å². The van der Waals surface area contributed by atoms with Crippen molar-refractivity contribution >= 4 is 5.91 Å². The van der Waals surface area contributed by atoms with Crippen molar-refractivity contribution in [2.24, 2.45) is 0 Å². The van der Waals surface area contributed by atoms with Gasteiger partial charge in [-0.1, -0.05) is 18.2 Å². The first-order valence-electron chi connectivity index (χ1n) is 8.10. The lowest BCUT2D eigenvalue weighted by atomic mass is 10.1. The number of amides is 1. The number of carbonyl (C=O) groups excluding carboxylic acids is 1. The van der Waals surface area contributed by atoms with Gasteiger partial charge in [0.2, 0.25) is 12.7 Å². The maximum Gasteiger partial charge on any atom is 0.231 e. The number of hydrogen-bond acceptors (Lipinski definition) is 3. The standard InChI is InChI=1S/C19H20FNO3/c20-16-8-5-14(6-9-16)3-1-2-4-19(22)21-12-15-7-10-17-18(11-15)24-13-23-17/h5-11H,1-4,12-13H2,(H,21,22). The number of rotatable bonds is 7. The van der Waals surface area contributed by atoms with Gasteiger partial charge in [0, 0.05) is 13.0 Å². The minimum Gasteiger partial charge on any atom is -0.454 e. The summed E-state index contributed by atoms with van der Waals surface area (Å²) in [5.74, 6) is 1.28. The van der Waals surface area contributed by atoms with Crippen LogP contribution in [0.4, 0.5) is 4.39 Å². The third-order valence-electron chi connectivity index (χ3n) is 3.96. The molecule has 1 aliphatic rings. The number of ether oxygens (including phenoxy) is 2. The summed E-state index contributed by atoms with van der Waals surface area (Å²) in [5.41, 5.74) is 2.08. The van der Waals surface area contributed by atoms with Crippen LogP contribution < -0.4 is 14.8 Å². The van der Waals surface area contributed by atoms with E-state index in [4.69, 9.17) is 9.47 Å². The van der Waals surface area contributed by atoms with E-state index in [1.165, 1.54) is 12.1 Å². The first-order chi connectivity index (χ1) is 11.7. The maximum atomic E-state index is 12.8. The van der Waals surface area contributed by atoms with Crippen molar-refractivity contribution in [2.75, 3.05) is 6.79 Å². The van der Waals surface area contributed by atoms with Gasteiger partial charge in [-0.05, 0) is 54.7 Å². The maximum absolute atomic E-state index is 12.8. The van der Waals surface area contributed by atoms with Crippen LogP contribution >= 0.6 is 0 Å². The molecule has 2 aromatic carbocycles. The molecule has 5 heteroatoms. The summed E-state index contributed by atoms with van der Waals surface area (Å²) in [5, 5.41) is 2.91. The topological polar surface area (TPSA) is 47.6 Å². The predicted octanol–water partition coefficient (Wildman–Crippen LogP) is 3.58. The van der Waals surface area contributed by atoms with Crippen molar-refractivity contribution < 1.29 is 18.7 Å². The number of nitrogens with one attached hydrogen (secondary N) is 1. The summed E-state index contributed by atoms with van der Waals surface area (Å²) in [6.07, 6.45) is 3.06. The van der Waals surface area contributed by atoms with Gasteiger partial charge in [-0.15, -0.1) is 0 Å². The molecule has 0 bridgehead atoms. The van der Waals surface area contributed by atoms with Gasteiger partial charge in [0.1, 0.15) is 5.82 Å². The van der Waals surface area contributed by atoms with E-state index in [9.17, 15) is 9.18 Å². The molecule has 4 nitrogen and oxygen atoms in total. The molecule has 2 aromatic rings. The summed E-state index contributed by atoms with van der Waals surface area (Å²) >= 11 is 0. The number of fused-ring (bicyclic) bond motifs is 1. The van der Waals surface area contributed by atoms with Gasteiger partial charge >= 0.3 is 0 Å². The highest BCUT2D eigenvalue weighted by Crippen LogP contribution is 2.32. The Kier molecular flexibility index (Phi) is 5.31. The van der Waals surface area contributed by atoms with Crippen molar-refractivity contribution in [1.29, 1.82) is 0 Å². The van der Waals surface area contributed by atoms with E-state index < -0.39 is 0 Å². The highest BCUT2D eigenvalue weighted by atomic mass is 19.1. The summed E-state index contributed by atoms with van der Waals surface area (Å²) < 4.78 is 23.4. The Hall–Kier alpha value is -2.56. The lowest BCUT2D eigenvalue weighted by molar-refractivity contribution is -0.121. The number of benzene rings is 2. The number of hydrogen-bond donors (Lipinski definition) is 1. The first-order valence-corrected chi connectivity index (χ1v) is 8.10. The smallest absolute Gasteiger partial charge is 0.231 e. The molecule has 0 unspecified atom stereocenters. The van der Waals surface area contributed by atoms with Gasteiger partial charge in [-0.2, -0.15) is 0 Å². The number of aryl methyl sites for hydroxylation is 1. The highest BCUT2D eigenvalue weighted by Gasteiger charge is 2.13. The average molecular weight is 329 g/mol. The van der Waals surface area contributed by atoms with Crippen LogP contribution in [0.15, 0.2) is 42.5 Å². The van der Waals surface area contributed by atoms with E-state index in [0.717, 1.165) is 41.9 Å². The molecule has 0 atom stereocenters. The third-order valence-corrected chi connectivity index (χ3v) is 3.96. The fourth-order valence-electron chi connectivity index (χ4n) is 2.61. The van der Waals surface area contributed by atoms with Crippen LogP contribution in [0.2, 0.25) is 0 Å². The molecule has 1 heterocycles. The van der Waals surface area contributed by atoms with Crippen LogP contribution in [-0.2, 0) is 17.8 Å². The second kappa shape index (κ2) is 7.81. The van der Waals surface area contributed by atoms with Crippen LogP contribution in [0.25, 0.3) is 0 Å². The second-order valence-corrected chi connectivity index (χ2v) is 5.80. The van der Waals surface area contributed by atoms with E-state index in [2.05, 4.69) is 5.32 Å². The Bertz CT molecular complexity index is 700. The van der Waals surface area contributed by atoms with E-state index in [1.54, 1.807) is 12.1 Å². The Morgan fingerprint density at radius 2 is 1.75 bits per heavy atom. The molecular formula is C19H20FNO3. The van der Waals surface area contributed by atoms with E-state index in [1.807, 2.05) is 18.2 Å². The van der Waals surface area contributed by atoms with Crippen LogP contribution in [-0.4, -0.2) is 12.7 Å². The molecule has 3 rings (SSSR count). The number of halogens is 1. The zero-order valence-electron chi connectivity index (χ0n) is 13.4. The summed E-state index contributed by atoms with van der Waals surface area (Å²) in [6.45, 7) is 0.729. The molecule has 126 valence electrons. The third kappa shape index (κ3) is 4.47. The highest BCUT2D eigenvalue weighted by molar-refractivity contribution is 5.75. The van der Waals surface area contributed by atoms with Gasteiger partial charge in [0.15, 0.2) is 11.5 Å². The number of carbonyl (C=O) groups is 1. The molecule has 0 saturated carbocycles. The van der Waals surface area contributed by atoms with E-state index in [0.29, 0.717) is 13.0 Å². The van der Waals surface area contributed by atoms with E-state index >= 15 is 0 Å². The van der Waals surface area contributed by atoms with Crippen molar-refractivity contribution in [1.82, 2.24) is 5.32 Å². The number of unbranched alkanes of at least 4 members (excludes halogenated alkanes) is 1. The molecule has 1 amide bonds. The average Bonchev–Trinajstić information content (AvgIpc) is 3.06.